The summed E-state index contributed by atoms with van der Waals surface area (Å²) < 4.78 is 17.3. The Morgan fingerprint density at radius 2 is 1.91 bits per heavy atom. The fourth-order valence-corrected chi connectivity index (χ4v) is 4.41. The Kier molecular flexibility index (Phi) is 6.97. The fourth-order valence-electron chi connectivity index (χ4n) is 3.30. The third kappa shape index (κ3) is 5.40. The second-order valence-electron chi connectivity index (χ2n) is 8.98. The maximum atomic E-state index is 12.7. The van der Waals surface area contributed by atoms with E-state index in [1.807, 2.05) is 12.1 Å². The highest BCUT2D eigenvalue weighted by atomic mass is 32.2. The average Bonchev–Trinajstić information content (AvgIpc) is 3.45. The second kappa shape index (κ2) is 9.95. The fraction of sp³-hybridized carbons (Fsp3) is 0.375. The van der Waals surface area contributed by atoms with Gasteiger partial charge in [-0.05, 0) is 44.5 Å². The number of esters is 2. The molecular formula is C24H26N4O6S. The molecule has 1 amide bonds. The quantitative estimate of drug-likeness (QED) is 0.308. The standard InChI is InChI=1S/C24H26N4O6S/c1-24(2,3)23(31)33-10-9-27-12-16(25-26-27)11-18-20(29)28-19(14-35-21(18)28)22(30)34-13-15-5-7-17(32-4)8-6-15/h5-8,11-12,14,21H,9-10,13H2,1-4H3/b18-11-/t21-/m1/s1. The van der Waals surface area contributed by atoms with Crippen LogP contribution >= 0.6 is 11.8 Å². The SMILES string of the molecule is COc1ccc(COC(=O)C2=CS[C@@H]3/C(=C\c4cn(CCOC(=O)C(C)(C)C)nn4)C(=O)N23)cc1. The smallest absolute Gasteiger partial charge is 0.355 e. The molecule has 2 aromatic rings. The van der Waals surface area contributed by atoms with E-state index in [2.05, 4.69) is 10.3 Å². The summed E-state index contributed by atoms with van der Waals surface area (Å²) in [6.07, 6.45) is 3.32. The number of thioether (sulfide) groups is 1. The van der Waals surface area contributed by atoms with Gasteiger partial charge in [-0.1, -0.05) is 17.3 Å². The Labute approximate surface area is 206 Å². The molecule has 1 atom stereocenters. The lowest BCUT2D eigenvalue weighted by Gasteiger charge is -2.37. The molecule has 3 heterocycles. The van der Waals surface area contributed by atoms with E-state index in [9.17, 15) is 14.4 Å². The summed E-state index contributed by atoms with van der Waals surface area (Å²) in [6, 6.07) is 7.19. The number of benzene rings is 1. The van der Waals surface area contributed by atoms with Crippen LogP contribution in [0.5, 0.6) is 5.75 Å². The Bertz CT molecular complexity index is 1200. The molecule has 1 saturated heterocycles. The van der Waals surface area contributed by atoms with Crippen LogP contribution in [0.3, 0.4) is 0 Å². The van der Waals surface area contributed by atoms with Crippen molar-refractivity contribution in [2.45, 2.75) is 39.3 Å². The molecule has 1 fully saturated rings. The van der Waals surface area contributed by atoms with Gasteiger partial charge in [0, 0.05) is 5.41 Å². The van der Waals surface area contributed by atoms with Crippen LogP contribution in [0.2, 0.25) is 0 Å². The summed E-state index contributed by atoms with van der Waals surface area (Å²) in [5.41, 5.74) is 1.50. The molecule has 35 heavy (non-hydrogen) atoms. The third-order valence-electron chi connectivity index (χ3n) is 5.30. The van der Waals surface area contributed by atoms with Gasteiger partial charge in [-0.3, -0.25) is 14.5 Å². The summed E-state index contributed by atoms with van der Waals surface area (Å²) in [6.45, 7) is 5.98. The molecule has 0 N–H and O–H groups in total. The minimum Gasteiger partial charge on any atom is -0.497 e. The van der Waals surface area contributed by atoms with Crippen molar-refractivity contribution in [2.75, 3.05) is 13.7 Å². The van der Waals surface area contributed by atoms with Gasteiger partial charge in [-0.15, -0.1) is 16.9 Å². The molecule has 10 nitrogen and oxygen atoms in total. The zero-order valence-electron chi connectivity index (χ0n) is 19.9. The van der Waals surface area contributed by atoms with Crippen LogP contribution in [-0.2, 0) is 37.0 Å². The van der Waals surface area contributed by atoms with Crippen molar-refractivity contribution < 1.29 is 28.6 Å². The van der Waals surface area contributed by atoms with Crippen molar-refractivity contribution >= 4 is 35.7 Å². The van der Waals surface area contributed by atoms with Gasteiger partial charge in [-0.2, -0.15) is 0 Å². The number of hydrogen-bond donors (Lipinski definition) is 0. The summed E-state index contributed by atoms with van der Waals surface area (Å²) in [5, 5.41) is 9.41. The summed E-state index contributed by atoms with van der Waals surface area (Å²) >= 11 is 1.36. The van der Waals surface area contributed by atoms with E-state index < -0.39 is 11.4 Å². The van der Waals surface area contributed by atoms with Crippen molar-refractivity contribution in [3.8, 4) is 5.75 Å². The molecule has 0 bridgehead atoms. The monoisotopic (exact) mass is 498 g/mol. The van der Waals surface area contributed by atoms with E-state index in [1.165, 1.54) is 16.7 Å². The van der Waals surface area contributed by atoms with Gasteiger partial charge in [-0.25, -0.2) is 9.48 Å². The van der Waals surface area contributed by atoms with Crippen LogP contribution in [0.4, 0.5) is 0 Å². The number of aromatic nitrogens is 3. The molecule has 2 aliphatic rings. The largest absolute Gasteiger partial charge is 0.497 e. The summed E-state index contributed by atoms with van der Waals surface area (Å²) in [7, 11) is 1.58. The highest BCUT2D eigenvalue weighted by molar-refractivity contribution is 8.03. The summed E-state index contributed by atoms with van der Waals surface area (Å²) in [5.74, 6) is -0.406. The summed E-state index contributed by atoms with van der Waals surface area (Å²) in [4.78, 5) is 38.5. The number of β-lactam (4-membered cyclic amide) rings is 1. The zero-order chi connectivity index (χ0) is 25.2. The van der Waals surface area contributed by atoms with Crippen molar-refractivity contribution in [1.82, 2.24) is 19.9 Å². The molecule has 1 aromatic heterocycles. The molecule has 0 radical (unpaired) electrons. The maximum absolute atomic E-state index is 12.7. The normalized spacial score (nSPS) is 18.1. The molecule has 2 aliphatic heterocycles. The topological polar surface area (TPSA) is 113 Å². The molecule has 0 spiro atoms. The van der Waals surface area contributed by atoms with Crippen molar-refractivity contribution in [1.29, 1.82) is 0 Å². The van der Waals surface area contributed by atoms with Crippen LogP contribution in [0.25, 0.3) is 6.08 Å². The van der Waals surface area contributed by atoms with Gasteiger partial charge >= 0.3 is 11.9 Å². The van der Waals surface area contributed by atoms with Crippen LogP contribution in [0.15, 0.2) is 47.1 Å². The van der Waals surface area contributed by atoms with Gasteiger partial charge in [0.15, 0.2) is 0 Å². The van der Waals surface area contributed by atoms with Gasteiger partial charge in [0.25, 0.3) is 5.91 Å². The number of methoxy groups -OCH3 is 1. The lowest BCUT2D eigenvalue weighted by Crippen LogP contribution is -2.51. The van der Waals surface area contributed by atoms with E-state index in [4.69, 9.17) is 14.2 Å². The first-order valence-electron chi connectivity index (χ1n) is 11.0. The van der Waals surface area contributed by atoms with Crippen molar-refractivity contribution in [2.24, 2.45) is 5.41 Å². The minimum atomic E-state index is -0.567. The number of fused-ring (bicyclic) bond motifs is 1. The van der Waals surface area contributed by atoms with Gasteiger partial charge in [0.1, 0.15) is 35.7 Å². The predicted molar refractivity (Wildman–Crippen MR) is 128 cm³/mol. The Hall–Kier alpha value is -3.60. The number of ether oxygens (including phenoxy) is 3. The minimum absolute atomic E-state index is 0.0917. The number of carbonyl (C=O) groups excluding carboxylic acids is 3. The highest BCUT2D eigenvalue weighted by Crippen LogP contribution is 2.45. The number of amides is 1. The highest BCUT2D eigenvalue weighted by Gasteiger charge is 2.50. The number of nitrogens with zero attached hydrogens (tertiary/aromatic N) is 4. The molecule has 184 valence electrons. The molecule has 4 rings (SSSR count). The lowest BCUT2D eigenvalue weighted by atomic mass is 9.97. The number of hydrogen-bond acceptors (Lipinski definition) is 9. The lowest BCUT2D eigenvalue weighted by molar-refractivity contribution is -0.153. The van der Waals surface area contributed by atoms with Gasteiger partial charge in [0.2, 0.25) is 0 Å². The van der Waals surface area contributed by atoms with Crippen molar-refractivity contribution in [3.63, 3.8) is 0 Å². The second-order valence-corrected chi connectivity index (χ2v) is 9.94. The van der Waals surface area contributed by atoms with Gasteiger partial charge in [0.05, 0.1) is 30.8 Å². The first kappa shape index (κ1) is 24.5. The van der Waals surface area contributed by atoms with Crippen LogP contribution in [0, 0.1) is 5.41 Å². The van der Waals surface area contributed by atoms with Crippen LogP contribution < -0.4 is 4.74 Å². The Morgan fingerprint density at radius 3 is 2.60 bits per heavy atom. The Morgan fingerprint density at radius 1 is 1.17 bits per heavy atom. The molecule has 0 saturated carbocycles. The molecular weight excluding hydrogens is 472 g/mol. The molecule has 0 aliphatic carbocycles. The van der Waals surface area contributed by atoms with E-state index in [-0.39, 0.29) is 36.2 Å². The predicted octanol–water partition coefficient (Wildman–Crippen LogP) is 2.76. The molecule has 0 unspecified atom stereocenters. The maximum Gasteiger partial charge on any atom is 0.355 e. The first-order valence-corrected chi connectivity index (χ1v) is 11.9. The zero-order valence-corrected chi connectivity index (χ0v) is 20.7. The average molecular weight is 499 g/mol. The van der Waals surface area contributed by atoms with Crippen molar-refractivity contribution in [3.05, 3.63) is 58.4 Å². The van der Waals surface area contributed by atoms with Crippen LogP contribution in [0.1, 0.15) is 32.0 Å². The molecule has 1 aromatic carbocycles. The van der Waals surface area contributed by atoms with E-state index in [1.54, 1.807) is 62.4 Å². The number of rotatable bonds is 8. The molecule has 11 heteroatoms. The Balaban J connectivity index is 1.30. The van der Waals surface area contributed by atoms with E-state index in [0.717, 1.165) is 5.56 Å². The first-order chi connectivity index (χ1) is 16.7. The van der Waals surface area contributed by atoms with Gasteiger partial charge < -0.3 is 14.2 Å². The van der Waals surface area contributed by atoms with E-state index in [0.29, 0.717) is 23.6 Å². The van der Waals surface area contributed by atoms with E-state index >= 15 is 0 Å². The third-order valence-corrected chi connectivity index (χ3v) is 6.38. The number of carbonyl (C=O) groups is 3. The van der Waals surface area contributed by atoms with Crippen LogP contribution in [-0.4, -0.2) is 56.8 Å².